The maximum atomic E-state index is 11.9. The van der Waals surface area contributed by atoms with Gasteiger partial charge in [0.15, 0.2) is 0 Å². The number of nitriles is 1. The fourth-order valence-electron chi connectivity index (χ4n) is 1.68. The molecule has 21 heavy (non-hydrogen) atoms. The molecule has 104 valence electrons. The van der Waals surface area contributed by atoms with Crippen molar-refractivity contribution in [3.05, 3.63) is 65.0 Å². The topological polar surface area (TPSA) is 103 Å². The molecule has 2 N–H and O–H groups in total. The molecule has 1 aromatic heterocycles. The van der Waals surface area contributed by atoms with Gasteiger partial charge in [0, 0.05) is 12.7 Å². The summed E-state index contributed by atoms with van der Waals surface area (Å²) in [6.07, 6.45) is 1.32. The van der Waals surface area contributed by atoms with Crippen LogP contribution in [0, 0.1) is 11.3 Å². The smallest absolute Gasteiger partial charge is 0.335 e. The standard InChI is InChI=1S/C15H11N3O3/c16-7-11-4-5-13(17-9-11)14(19)18-8-10-2-1-3-12(6-10)15(20)21/h1-6,9H,8H2,(H,18,19)(H,20,21). The summed E-state index contributed by atoms with van der Waals surface area (Å²) in [6.45, 7) is 0.196. The van der Waals surface area contributed by atoms with Crippen LogP contribution in [0.3, 0.4) is 0 Å². The zero-order valence-electron chi connectivity index (χ0n) is 10.9. The molecule has 0 bridgehead atoms. The Hall–Kier alpha value is -3.20. The fraction of sp³-hybridized carbons (Fsp3) is 0.0667. The molecule has 0 radical (unpaired) electrons. The predicted molar refractivity (Wildman–Crippen MR) is 73.5 cm³/mol. The number of nitrogens with zero attached hydrogens (tertiary/aromatic N) is 2. The number of pyridine rings is 1. The third-order valence-corrected chi connectivity index (χ3v) is 2.75. The maximum Gasteiger partial charge on any atom is 0.335 e. The normalized spacial score (nSPS) is 9.67. The number of nitrogens with one attached hydrogen (secondary N) is 1. The number of hydrogen-bond donors (Lipinski definition) is 2. The van der Waals surface area contributed by atoms with Crippen molar-refractivity contribution in [2.24, 2.45) is 0 Å². The van der Waals surface area contributed by atoms with Crippen molar-refractivity contribution in [2.45, 2.75) is 6.54 Å². The van der Waals surface area contributed by atoms with E-state index in [0.29, 0.717) is 11.1 Å². The lowest BCUT2D eigenvalue weighted by Crippen LogP contribution is -2.23. The van der Waals surface area contributed by atoms with E-state index in [1.807, 2.05) is 6.07 Å². The molecule has 0 saturated heterocycles. The van der Waals surface area contributed by atoms with Crippen LogP contribution < -0.4 is 5.32 Å². The molecule has 6 nitrogen and oxygen atoms in total. The number of aromatic carboxylic acids is 1. The Kier molecular flexibility index (Phi) is 4.26. The zero-order valence-corrected chi connectivity index (χ0v) is 10.9. The van der Waals surface area contributed by atoms with Crippen molar-refractivity contribution in [3.8, 4) is 6.07 Å². The summed E-state index contributed by atoms with van der Waals surface area (Å²) in [4.78, 5) is 26.6. The van der Waals surface area contributed by atoms with Crippen molar-refractivity contribution in [3.63, 3.8) is 0 Å². The molecule has 0 unspecified atom stereocenters. The van der Waals surface area contributed by atoms with E-state index in [0.717, 1.165) is 0 Å². The fourth-order valence-corrected chi connectivity index (χ4v) is 1.68. The first kappa shape index (κ1) is 14.2. The SMILES string of the molecule is N#Cc1ccc(C(=O)NCc2cccc(C(=O)O)c2)nc1. The van der Waals surface area contributed by atoms with Crippen molar-refractivity contribution in [2.75, 3.05) is 0 Å². The van der Waals surface area contributed by atoms with Crippen molar-refractivity contribution in [1.82, 2.24) is 10.3 Å². The van der Waals surface area contributed by atoms with E-state index in [-0.39, 0.29) is 23.7 Å². The van der Waals surface area contributed by atoms with Crippen LogP contribution >= 0.6 is 0 Å². The van der Waals surface area contributed by atoms with E-state index in [1.54, 1.807) is 12.1 Å². The molecule has 0 atom stereocenters. The van der Waals surface area contributed by atoms with Gasteiger partial charge in [0.1, 0.15) is 11.8 Å². The summed E-state index contributed by atoms with van der Waals surface area (Å²) in [5.74, 6) is -1.41. The molecule has 0 spiro atoms. The van der Waals surface area contributed by atoms with E-state index in [9.17, 15) is 9.59 Å². The highest BCUT2D eigenvalue weighted by Crippen LogP contribution is 2.06. The van der Waals surface area contributed by atoms with E-state index in [1.165, 1.54) is 30.5 Å². The number of carboxylic acids is 1. The van der Waals surface area contributed by atoms with Crippen molar-refractivity contribution >= 4 is 11.9 Å². The second-order valence-corrected chi connectivity index (χ2v) is 4.23. The van der Waals surface area contributed by atoms with Gasteiger partial charge in [-0.15, -0.1) is 0 Å². The van der Waals surface area contributed by atoms with E-state index >= 15 is 0 Å². The number of rotatable bonds is 4. The maximum absolute atomic E-state index is 11.9. The molecule has 0 aliphatic rings. The summed E-state index contributed by atoms with van der Waals surface area (Å²) in [5.41, 5.74) is 1.42. The zero-order chi connectivity index (χ0) is 15.2. The molecule has 0 aliphatic heterocycles. The van der Waals surface area contributed by atoms with Crippen LogP contribution in [0.5, 0.6) is 0 Å². The van der Waals surface area contributed by atoms with Crippen LogP contribution in [0.25, 0.3) is 0 Å². The summed E-state index contributed by atoms with van der Waals surface area (Å²) in [5, 5.41) is 20.2. The molecule has 0 fully saturated rings. The highest BCUT2D eigenvalue weighted by Gasteiger charge is 2.08. The molecule has 1 heterocycles. The Labute approximate surface area is 120 Å². The van der Waals surface area contributed by atoms with Gasteiger partial charge in [-0.1, -0.05) is 12.1 Å². The van der Waals surface area contributed by atoms with Gasteiger partial charge < -0.3 is 10.4 Å². The largest absolute Gasteiger partial charge is 0.478 e. The molecule has 1 amide bonds. The summed E-state index contributed by atoms with van der Waals surface area (Å²) in [6, 6.07) is 11.2. The van der Waals surface area contributed by atoms with Crippen LogP contribution in [0.2, 0.25) is 0 Å². The highest BCUT2D eigenvalue weighted by atomic mass is 16.4. The molecule has 0 aliphatic carbocycles. The highest BCUT2D eigenvalue weighted by molar-refractivity contribution is 5.92. The first-order chi connectivity index (χ1) is 10.1. The van der Waals surface area contributed by atoms with Crippen LogP contribution in [0.1, 0.15) is 32.0 Å². The Bertz CT molecular complexity index is 718. The number of carboxylic acid groups (broad SMARTS) is 1. The van der Waals surface area contributed by atoms with Gasteiger partial charge in [-0.05, 0) is 29.8 Å². The van der Waals surface area contributed by atoms with Crippen LogP contribution in [-0.2, 0) is 6.54 Å². The Morgan fingerprint density at radius 1 is 1.29 bits per heavy atom. The number of carbonyl (C=O) groups excluding carboxylic acids is 1. The number of amides is 1. The number of benzene rings is 1. The number of hydrogen-bond acceptors (Lipinski definition) is 4. The number of carbonyl (C=O) groups is 2. The third-order valence-electron chi connectivity index (χ3n) is 2.75. The van der Waals surface area contributed by atoms with Gasteiger partial charge in [-0.25, -0.2) is 9.78 Å². The minimum absolute atomic E-state index is 0.165. The summed E-state index contributed by atoms with van der Waals surface area (Å²) < 4.78 is 0. The lowest BCUT2D eigenvalue weighted by atomic mass is 10.1. The summed E-state index contributed by atoms with van der Waals surface area (Å²) in [7, 11) is 0. The molecule has 6 heteroatoms. The van der Waals surface area contributed by atoms with E-state index in [2.05, 4.69) is 10.3 Å². The van der Waals surface area contributed by atoms with Gasteiger partial charge in [-0.3, -0.25) is 4.79 Å². The van der Waals surface area contributed by atoms with E-state index < -0.39 is 5.97 Å². The monoisotopic (exact) mass is 281 g/mol. The predicted octanol–water partition coefficient (Wildman–Crippen LogP) is 1.58. The molecular weight excluding hydrogens is 270 g/mol. The summed E-state index contributed by atoms with van der Waals surface area (Å²) >= 11 is 0. The van der Waals surface area contributed by atoms with Crippen LogP contribution in [0.4, 0.5) is 0 Å². The number of aromatic nitrogens is 1. The Balaban J connectivity index is 2.02. The average molecular weight is 281 g/mol. The molecule has 2 aromatic rings. The van der Waals surface area contributed by atoms with Crippen molar-refractivity contribution < 1.29 is 14.7 Å². The van der Waals surface area contributed by atoms with Crippen molar-refractivity contribution in [1.29, 1.82) is 5.26 Å². The Morgan fingerprint density at radius 2 is 2.10 bits per heavy atom. The van der Waals surface area contributed by atoms with Gasteiger partial charge in [0.25, 0.3) is 5.91 Å². The minimum Gasteiger partial charge on any atom is -0.478 e. The van der Waals surface area contributed by atoms with Crippen LogP contribution in [0.15, 0.2) is 42.6 Å². The first-order valence-corrected chi connectivity index (χ1v) is 6.07. The lowest BCUT2D eigenvalue weighted by molar-refractivity contribution is 0.0696. The molecule has 1 aromatic carbocycles. The first-order valence-electron chi connectivity index (χ1n) is 6.07. The minimum atomic E-state index is -1.02. The molecule has 2 rings (SSSR count). The Morgan fingerprint density at radius 3 is 2.71 bits per heavy atom. The second-order valence-electron chi connectivity index (χ2n) is 4.23. The lowest BCUT2D eigenvalue weighted by Gasteiger charge is -2.05. The molecule has 0 saturated carbocycles. The van der Waals surface area contributed by atoms with Gasteiger partial charge in [-0.2, -0.15) is 5.26 Å². The van der Waals surface area contributed by atoms with Crippen LogP contribution in [-0.4, -0.2) is 22.0 Å². The van der Waals surface area contributed by atoms with Gasteiger partial charge >= 0.3 is 5.97 Å². The third kappa shape index (κ3) is 3.64. The quantitative estimate of drug-likeness (QED) is 0.885. The van der Waals surface area contributed by atoms with Gasteiger partial charge in [0.2, 0.25) is 0 Å². The van der Waals surface area contributed by atoms with E-state index in [4.69, 9.17) is 10.4 Å². The van der Waals surface area contributed by atoms with Gasteiger partial charge in [0.05, 0.1) is 11.1 Å². The second kappa shape index (κ2) is 6.30. The average Bonchev–Trinajstić information content (AvgIpc) is 2.53. The molecular formula is C15H11N3O3.